The van der Waals surface area contributed by atoms with Crippen LogP contribution >= 0.6 is 7.60 Å². The van der Waals surface area contributed by atoms with Crippen molar-refractivity contribution in [2.24, 2.45) is 5.92 Å². The average Bonchev–Trinajstić information content (AvgIpc) is 3.15. The minimum absolute atomic E-state index is 0.0270. The van der Waals surface area contributed by atoms with Crippen LogP contribution < -0.4 is 10.8 Å². The molecule has 5 aromatic rings. The highest BCUT2D eigenvalue weighted by Crippen LogP contribution is 2.38. The maximum Gasteiger partial charge on any atom is 0.391 e. The lowest BCUT2D eigenvalue weighted by Gasteiger charge is -2.08. The Morgan fingerprint density at radius 3 is 2.82 bits per heavy atom. The first-order chi connectivity index (χ1) is 15.9. The summed E-state index contributed by atoms with van der Waals surface area (Å²) in [6.45, 7) is 0. The van der Waals surface area contributed by atoms with E-state index < -0.39 is 13.1 Å². The van der Waals surface area contributed by atoms with Gasteiger partial charge in [0.1, 0.15) is 16.9 Å². The number of aromatic amines is 1. The lowest BCUT2D eigenvalue weighted by atomic mass is 10.0. The molecule has 4 aromatic heterocycles. The number of nitrogens with zero attached hydrogens (tertiary/aromatic N) is 4. The molecule has 6 rings (SSSR count). The molecular weight excluding hydrogens is 447 g/mol. The fraction of sp³-hybridized carbons (Fsp3) is 0.143. The molecular formula is C21H17N6O5P. The number of hydrogen-bond acceptors (Lipinski definition) is 6. The number of benzene rings is 1. The number of carbonyl (C=O) groups is 1. The molecule has 12 heteroatoms. The fourth-order valence-electron chi connectivity index (χ4n) is 3.80. The van der Waals surface area contributed by atoms with E-state index in [1.54, 1.807) is 12.3 Å². The van der Waals surface area contributed by atoms with Gasteiger partial charge in [0.15, 0.2) is 5.82 Å². The quantitative estimate of drug-likeness (QED) is 0.289. The smallest absolute Gasteiger partial charge is 0.391 e. The SMILES string of the molecule is O=C(Nc1cn2c(-c3cc(-c4ccc(P(=O)(O)O)o4)cc4nn[nH]c34)cccc2n1)C1CC1. The van der Waals surface area contributed by atoms with Gasteiger partial charge in [-0.15, -0.1) is 5.10 Å². The van der Waals surface area contributed by atoms with E-state index in [2.05, 4.69) is 25.7 Å². The van der Waals surface area contributed by atoms with Crippen LogP contribution in [0.25, 0.3) is 39.3 Å². The Kier molecular flexibility index (Phi) is 4.28. The highest BCUT2D eigenvalue weighted by molar-refractivity contribution is 7.59. The molecule has 11 nitrogen and oxygen atoms in total. The summed E-state index contributed by atoms with van der Waals surface area (Å²) in [5, 5.41) is 13.8. The van der Waals surface area contributed by atoms with Crippen LogP contribution in [0.2, 0.25) is 0 Å². The summed E-state index contributed by atoms with van der Waals surface area (Å²) in [7, 11) is -4.52. The van der Waals surface area contributed by atoms with E-state index in [1.807, 2.05) is 28.7 Å². The van der Waals surface area contributed by atoms with Crippen LogP contribution in [0, 0.1) is 5.92 Å². The standard InChI is InChI=1S/C21H17N6O5P/c28-21(11-4-5-11)23-17-10-27-15(2-1-3-18(27)22-17)13-8-12(9-14-20(13)25-26-24-14)16-6-7-19(32-16)33(29,30)31/h1-3,6-11H,4-5H2,(H,23,28)(H,24,25,26)(H2,29,30,31). The van der Waals surface area contributed by atoms with E-state index in [1.165, 1.54) is 12.1 Å². The third-order valence-electron chi connectivity index (χ3n) is 5.57. The summed E-state index contributed by atoms with van der Waals surface area (Å²) < 4.78 is 18.8. The molecule has 1 aliphatic carbocycles. The van der Waals surface area contributed by atoms with E-state index in [4.69, 9.17) is 4.42 Å². The van der Waals surface area contributed by atoms with Crippen molar-refractivity contribution < 1.29 is 23.6 Å². The second-order valence-electron chi connectivity index (χ2n) is 7.94. The Bertz CT molecular complexity index is 1590. The largest absolute Gasteiger partial charge is 0.448 e. The van der Waals surface area contributed by atoms with Crippen LogP contribution in [0.3, 0.4) is 0 Å². The number of hydrogen-bond donors (Lipinski definition) is 4. The van der Waals surface area contributed by atoms with Crippen molar-refractivity contribution in [3.8, 4) is 22.6 Å². The molecule has 1 fully saturated rings. The van der Waals surface area contributed by atoms with Gasteiger partial charge in [0.2, 0.25) is 11.4 Å². The minimum atomic E-state index is -4.52. The van der Waals surface area contributed by atoms with Crippen molar-refractivity contribution in [1.29, 1.82) is 0 Å². The Hall–Kier alpha value is -3.79. The summed E-state index contributed by atoms with van der Waals surface area (Å²) >= 11 is 0. The molecule has 1 saturated carbocycles. The Morgan fingerprint density at radius 1 is 1.21 bits per heavy atom. The van der Waals surface area contributed by atoms with Crippen LogP contribution in [0.5, 0.6) is 0 Å². The Labute approximate surface area is 185 Å². The van der Waals surface area contributed by atoms with E-state index in [-0.39, 0.29) is 17.6 Å². The van der Waals surface area contributed by atoms with Gasteiger partial charge in [-0.3, -0.25) is 18.9 Å². The van der Waals surface area contributed by atoms with Crippen LogP contribution in [0.15, 0.2) is 53.1 Å². The molecule has 0 radical (unpaired) electrons. The first-order valence-corrected chi connectivity index (χ1v) is 11.8. The number of furan rings is 1. The highest BCUT2D eigenvalue weighted by Gasteiger charge is 2.30. The number of aromatic nitrogens is 5. The predicted molar refractivity (Wildman–Crippen MR) is 119 cm³/mol. The lowest BCUT2D eigenvalue weighted by Crippen LogP contribution is -2.13. The van der Waals surface area contributed by atoms with Crippen LogP contribution in [0.1, 0.15) is 12.8 Å². The van der Waals surface area contributed by atoms with Gasteiger partial charge < -0.3 is 19.5 Å². The molecule has 4 N–H and O–H groups in total. The second-order valence-corrected chi connectivity index (χ2v) is 9.47. The molecule has 0 unspecified atom stereocenters. The van der Waals surface area contributed by atoms with Gasteiger partial charge in [0.05, 0.1) is 17.4 Å². The van der Waals surface area contributed by atoms with Gasteiger partial charge in [-0.05, 0) is 49.2 Å². The number of imidazole rings is 1. The average molecular weight is 464 g/mol. The van der Waals surface area contributed by atoms with Gasteiger partial charge in [-0.1, -0.05) is 11.3 Å². The third-order valence-corrected chi connectivity index (χ3v) is 6.38. The molecule has 4 heterocycles. The number of carbonyl (C=O) groups excluding carboxylic acids is 1. The molecule has 0 spiro atoms. The van der Waals surface area contributed by atoms with Crippen LogP contribution in [0.4, 0.5) is 5.82 Å². The molecule has 0 atom stereocenters. The van der Waals surface area contributed by atoms with E-state index in [0.29, 0.717) is 28.1 Å². The molecule has 0 aliphatic heterocycles. The molecule has 0 saturated heterocycles. The number of rotatable bonds is 5. The first kappa shape index (κ1) is 19.9. The molecule has 0 bridgehead atoms. The van der Waals surface area contributed by atoms with Crippen molar-refractivity contribution in [3.63, 3.8) is 0 Å². The van der Waals surface area contributed by atoms with E-state index >= 15 is 0 Å². The first-order valence-electron chi connectivity index (χ1n) is 10.2. The van der Waals surface area contributed by atoms with E-state index in [0.717, 1.165) is 24.1 Å². The Morgan fingerprint density at radius 2 is 2.06 bits per heavy atom. The number of H-pyrrole nitrogens is 1. The number of amides is 1. The number of anilines is 1. The van der Waals surface area contributed by atoms with Gasteiger partial charge >= 0.3 is 7.60 Å². The summed E-state index contributed by atoms with van der Waals surface area (Å²) in [6, 6.07) is 11.9. The van der Waals surface area contributed by atoms with Crippen molar-refractivity contribution in [3.05, 3.63) is 48.7 Å². The zero-order chi connectivity index (χ0) is 22.7. The van der Waals surface area contributed by atoms with Crippen molar-refractivity contribution in [2.45, 2.75) is 12.8 Å². The zero-order valence-electron chi connectivity index (χ0n) is 17.0. The highest BCUT2D eigenvalue weighted by atomic mass is 31.2. The van der Waals surface area contributed by atoms with Crippen molar-refractivity contribution in [2.75, 3.05) is 5.32 Å². The molecule has 33 heavy (non-hydrogen) atoms. The second kappa shape index (κ2) is 7.11. The number of nitrogens with one attached hydrogen (secondary N) is 2. The van der Waals surface area contributed by atoms with Crippen LogP contribution in [-0.4, -0.2) is 40.5 Å². The predicted octanol–water partition coefficient (Wildman–Crippen LogP) is 2.68. The molecule has 1 amide bonds. The van der Waals surface area contributed by atoms with Crippen molar-refractivity contribution in [1.82, 2.24) is 24.8 Å². The van der Waals surface area contributed by atoms with Gasteiger partial charge in [-0.25, -0.2) is 4.98 Å². The maximum atomic E-state index is 12.2. The van der Waals surface area contributed by atoms with Crippen LogP contribution in [-0.2, 0) is 9.36 Å². The summed E-state index contributed by atoms with van der Waals surface area (Å²) in [4.78, 5) is 35.5. The number of pyridine rings is 1. The lowest BCUT2D eigenvalue weighted by molar-refractivity contribution is -0.117. The topological polar surface area (TPSA) is 159 Å². The maximum absolute atomic E-state index is 12.2. The summed E-state index contributed by atoms with van der Waals surface area (Å²) in [5.41, 5.74) is 3.52. The van der Waals surface area contributed by atoms with E-state index in [9.17, 15) is 19.1 Å². The molecule has 1 aromatic carbocycles. The summed E-state index contributed by atoms with van der Waals surface area (Å²) in [5.74, 6) is 0.787. The summed E-state index contributed by atoms with van der Waals surface area (Å²) in [6.07, 6.45) is 3.56. The van der Waals surface area contributed by atoms with Gasteiger partial charge in [0, 0.05) is 17.0 Å². The number of fused-ring (bicyclic) bond motifs is 2. The normalized spacial score (nSPS) is 14.2. The molecule has 166 valence electrons. The third kappa shape index (κ3) is 3.52. The van der Waals surface area contributed by atoms with Crippen molar-refractivity contribution >= 4 is 41.5 Å². The molecule has 1 aliphatic rings. The van der Waals surface area contributed by atoms with Gasteiger partial charge in [-0.2, -0.15) is 0 Å². The Balaban J connectivity index is 1.49. The van der Waals surface area contributed by atoms with Gasteiger partial charge in [0.25, 0.3) is 0 Å². The minimum Gasteiger partial charge on any atom is -0.448 e. The fourth-order valence-corrected chi connectivity index (χ4v) is 4.29. The monoisotopic (exact) mass is 464 g/mol. The zero-order valence-corrected chi connectivity index (χ0v) is 17.9.